The lowest BCUT2D eigenvalue weighted by Crippen LogP contribution is -2.54. The van der Waals surface area contributed by atoms with Crippen molar-refractivity contribution in [2.45, 2.75) is 51.6 Å². The van der Waals surface area contributed by atoms with Crippen LogP contribution in [0, 0.1) is 0 Å². The molecule has 0 aliphatic carbocycles. The van der Waals surface area contributed by atoms with E-state index in [0.717, 1.165) is 23.8 Å². The van der Waals surface area contributed by atoms with E-state index in [0.29, 0.717) is 23.6 Å². The third-order valence-electron chi connectivity index (χ3n) is 5.29. The summed E-state index contributed by atoms with van der Waals surface area (Å²) >= 11 is 6.41. The Bertz CT molecular complexity index is 1040. The number of Topliss-reactive ketones (excluding diaryl/α,β-unsaturated/α-hetero) is 1. The van der Waals surface area contributed by atoms with E-state index < -0.39 is 42.1 Å². The van der Waals surface area contributed by atoms with Crippen LogP contribution in [-0.2, 0) is 35.0 Å². The lowest BCUT2D eigenvalue weighted by molar-refractivity contribution is -0.203. The molecule has 1 N–H and O–H groups in total. The molecule has 0 aromatic heterocycles. The van der Waals surface area contributed by atoms with Gasteiger partial charge in [0.15, 0.2) is 6.10 Å². The van der Waals surface area contributed by atoms with E-state index in [-0.39, 0.29) is 6.61 Å². The fourth-order valence-electron chi connectivity index (χ4n) is 3.73. The first kappa shape index (κ1) is 25.7. The molecule has 0 bridgehead atoms. The molecule has 34 heavy (non-hydrogen) atoms. The van der Waals surface area contributed by atoms with E-state index in [1.54, 1.807) is 18.2 Å². The molecule has 182 valence electrons. The number of esters is 2. The number of rotatable bonds is 8. The van der Waals surface area contributed by atoms with Crippen LogP contribution in [0.2, 0.25) is 5.02 Å². The van der Waals surface area contributed by atoms with Gasteiger partial charge in [-0.2, -0.15) is 0 Å². The van der Waals surface area contributed by atoms with Crippen LogP contribution in [0.3, 0.4) is 0 Å². The number of halogens is 1. The summed E-state index contributed by atoms with van der Waals surface area (Å²) in [4.78, 5) is 35.6. The van der Waals surface area contributed by atoms with Crippen molar-refractivity contribution in [1.82, 2.24) is 0 Å². The number of benzene rings is 2. The first-order valence-corrected chi connectivity index (χ1v) is 11.2. The van der Waals surface area contributed by atoms with Crippen LogP contribution < -0.4 is 4.74 Å². The van der Waals surface area contributed by atoms with Gasteiger partial charge in [-0.1, -0.05) is 35.9 Å². The molecular formula is C25H27ClO8. The molecule has 0 radical (unpaired) electrons. The number of carbonyl (C=O) groups excluding carboxylic acids is 3. The fourth-order valence-corrected chi connectivity index (χ4v) is 3.92. The van der Waals surface area contributed by atoms with E-state index in [2.05, 4.69) is 0 Å². The monoisotopic (exact) mass is 490 g/mol. The van der Waals surface area contributed by atoms with E-state index in [1.165, 1.54) is 6.92 Å². The number of hydrogen-bond acceptors (Lipinski definition) is 8. The quantitative estimate of drug-likeness (QED) is 0.562. The lowest BCUT2D eigenvalue weighted by Gasteiger charge is -2.37. The second kappa shape index (κ2) is 11.5. The summed E-state index contributed by atoms with van der Waals surface area (Å²) < 4.78 is 21.4. The maximum absolute atomic E-state index is 12.8. The zero-order chi connectivity index (χ0) is 24.8. The van der Waals surface area contributed by atoms with Crippen LogP contribution in [0.5, 0.6) is 5.75 Å². The van der Waals surface area contributed by atoms with Gasteiger partial charge in [-0.25, -0.2) is 0 Å². The molecule has 1 heterocycles. The van der Waals surface area contributed by atoms with Crippen LogP contribution >= 0.6 is 11.6 Å². The third kappa shape index (κ3) is 6.34. The second-order valence-electron chi connectivity index (χ2n) is 7.88. The van der Waals surface area contributed by atoms with E-state index >= 15 is 0 Å². The number of ether oxygens (including phenoxy) is 4. The Balaban J connectivity index is 1.85. The molecular weight excluding hydrogens is 464 g/mol. The summed E-state index contributed by atoms with van der Waals surface area (Å²) in [5.41, 5.74) is 2.27. The van der Waals surface area contributed by atoms with Crippen LogP contribution in [0.1, 0.15) is 43.6 Å². The predicted octanol–water partition coefficient (Wildman–Crippen LogP) is 3.19. The smallest absolute Gasteiger partial charge is 0.303 e. The first-order chi connectivity index (χ1) is 16.2. The van der Waals surface area contributed by atoms with Crippen molar-refractivity contribution in [3.8, 4) is 5.75 Å². The topological polar surface area (TPSA) is 108 Å². The van der Waals surface area contributed by atoms with Gasteiger partial charge in [-0.05, 0) is 48.2 Å². The minimum Gasteiger partial charge on any atom is -0.494 e. The molecule has 9 heteroatoms. The Morgan fingerprint density at radius 3 is 2.41 bits per heavy atom. The van der Waals surface area contributed by atoms with Crippen molar-refractivity contribution in [3.05, 3.63) is 64.2 Å². The lowest BCUT2D eigenvalue weighted by atomic mass is 9.91. The molecule has 1 saturated heterocycles. The maximum atomic E-state index is 12.8. The molecule has 3 rings (SSSR count). The Hall–Kier alpha value is -2.94. The van der Waals surface area contributed by atoms with Gasteiger partial charge in [0.05, 0.1) is 6.61 Å². The van der Waals surface area contributed by atoms with Crippen LogP contribution in [-0.4, -0.2) is 54.4 Å². The molecule has 0 saturated carbocycles. The summed E-state index contributed by atoms with van der Waals surface area (Å²) in [5, 5.41) is 11.2. The molecule has 1 aliphatic rings. The van der Waals surface area contributed by atoms with Crippen LogP contribution in [0.15, 0.2) is 42.5 Å². The van der Waals surface area contributed by atoms with E-state index in [1.807, 2.05) is 31.2 Å². The summed E-state index contributed by atoms with van der Waals surface area (Å²) in [5.74, 6) is -1.26. The van der Waals surface area contributed by atoms with Gasteiger partial charge in [0, 0.05) is 18.9 Å². The van der Waals surface area contributed by atoms with Crippen molar-refractivity contribution in [3.63, 3.8) is 0 Å². The van der Waals surface area contributed by atoms with Gasteiger partial charge in [0.2, 0.25) is 5.78 Å². The molecule has 0 spiro atoms. The maximum Gasteiger partial charge on any atom is 0.303 e. The van der Waals surface area contributed by atoms with E-state index in [4.69, 9.17) is 30.5 Å². The normalized spacial score (nSPS) is 22.2. The average molecular weight is 491 g/mol. The third-order valence-corrected chi connectivity index (χ3v) is 5.66. The number of aliphatic hydroxyl groups is 1. The molecule has 1 aliphatic heterocycles. The highest BCUT2D eigenvalue weighted by molar-refractivity contribution is 6.31. The van der Waals surface area contributed by atoms with E-state index in [9.17, 15) is 19.5 Å². The summed E-state index contributed by atoms with van der Waals surface area (Å²) in [6.45, 7) is 4.53. The molecule has 1 unspecified atom stereocenters. The van der Waals surface area contributed by atoms with Crippen LogP contribution in [0.25, 0.3) is 0 Å². The minimum absolute atomic E-state index is 0.311. The Morgan fingerprint density at radius 1 is 1.09 bits per heavy atom. The summed E-state index contributed by atoms with van der Waals surface area (Å²) in [6, 6.07) is 12.7. The molecule has 2 aromatic rings. The van der Waals surface area contributed by atoms with Crippen molar-refractivity contribution in [2.24, 2.45) is 0 Å². The highest BCUT2D eigenvalue weighted by Crippen LogP contribution is 2.34. The van der Waals surface area contributed by atoms with Gasteiger partial charge < -0.3 is 24.1 Å². The molecule has 1 fully saturated rings. The Morgan fingerprint density at radius 2 is 1.79 bits per heavy atom. The van der Waals surface area contributed by atoms with Crippen molar-refractivity contribution >= 4 is 29.3 Å². The van der Waals surface area contributed by atoms with Gasteiger partial charge in [0.1, 0.15) is 30.7 Å². The average Bonchev–Trinajstić information content (AvgIpc) is 2.79. The van der Waals surface area contributed by atoms with Crippen molar-refractivity contribution in [1.29, 1.82) is 0 Å². The highest BCUT2D eigenvalue weighted by Gasteiger charge is 2.47. The van der Waals surface area contributed by atoms with Crippen molar-refractivity contribution < 1.29 is 38.4 Å². The second-order valence-corrected chi connectivity index (χ2v) is 8.29. The largest absolute Gasteiger partial charge is 0.494 e. The summed E-state index contributed by atoms with van der Waals surface area (Å²) in [7, 11) is 0. The SMILES string of the molecule is CCOc1ccc(Cc2cc([C@@H]3O[C@H](COC(C)=O)C(OC(C)=O)C(=O)[C@@H]3O)ccc2Cl)cc1. The van der Waals surface area contributed by atoms with Gasteiger partial charge in [-0.3, -0.25) is 14.4 Å². The minimum atomic E-state index is -1.59. The number of ketones is 1. The Kier molecular flexibility index (Phi) is 8.66. The number of aliphatic hydroxyl groups excluding tert-OH is 1. The highest BCUT2D eigenvalue weighted by atomic mass is 35.5. The predicted molar refractivity (Wildman–Crippen MR) is 123 cm³/mol. The number of hydrogen-bond donors (Lipinski definition) is 1. The summed E-state index contributed by atoms with van der Waals surface area (Å²) in [6.07, 6.45) is -4.60. The van der Waals surface area contributed by atoms with Gasteiger partial charge >= 0.3 is 11.9 Å². The number of carbonyl (C=O) groups is 3. The molecule has 8 nitrogen and oxygen atoms in total. The molecule has 4 atom stereocenters. The standard InChI is InChI=1S/C25H27ClO8/c1-4-31-19-8-5-16(6-9-19)11-18-12-17(7-10-20(18)26)24-22(29)23(30)25(33-15(3)28)21(34-24)13-32-14(2)27/h5-10,12,21-22,24-25,29H,4,11,13H2,1-3H3/t21-,22+,24+,25?/m1/s1. The fraction of sp³-hybridized carbons (Fsp3) is 0.400. The van der Waals surface area contributed by atoms with Crippen LogP contribution in [0.4, 0.5) is 0 Å². The molecule has 0 amide bonds. The zero-order valence-corrected chi connectivity index (χ0v) is 19.9. The first-order valence-electron chi connectivity index (χ1n) is 10.9. The molecule has 2 aromatic carbocycles. The van der Waals surface area contributed by atoms with Crippen molar-refractivity contribution in [2.75, 3.05) is 13.2 Å². The van der Waals surface area contributed by atoms with Gasteiger partial charge in [0.25, 0.3) is 0 Å². The zero-order valence-electron chi connectivity index (χ0n) is 19.2. The Labute approximate surface area is 202 Å². The van der Waals surface area contributed by atoms with Gasteiger partial charge in [-0.15, -0.1) is 0 Å².